The predicted molar refractivity (Wildman–Crippen MR) is 71.8 cm³/mol. The molecule has 0 saturated carbocycles. The molecule has 1 aromatic rings. The lowest BCUT2D eigenvalue weighted by atomic mass is 9.97. The van der Waals surface area contributed by atoms with Gasteiger partial charge in [-0.15, -0.1) is 0 Å². The second-order valence-electron chi connectivity index (χ2n) is 5.56. The van der Waals surface area contributed by atoms with Crippen molar-refractivity contribution in [3.8, 4) is 0 Å². The molecule has 0 bridgehead atoms. The van der Waals surface area contributed by atoms with Crippen LogP contribution in [0.5, 0.6) is 0 Å². The lowest BCUT2D eigenvalue weighted by Gasteiger charge is -2.19. The minimum Gasteiger partial charge on any atom is -0.479 e. The van der Waals surface area contributed by atoms with Crippen molar-refractivity contribution in [2.75, 3.05) is 5.32 Å². The molecule has 0 aliphatic heterocycles. The highest BCUT2D eigenvalue weighted by molar-refractivity contribution is 5.92. The Balaban J connectivity index is 2.82. The number of amides is 1. The zero-order chi connectivity index (χ0) is 14.8. The van der Waals surface area contributed by atoms with Gasteiger partial charge in [0.1, 0.15) is 0 Å². The molecule has 1 rings (SSSR count). The van der Waals surface area contributed by atoms with Crippen LogP contribution in [0, 0.1) is 11.8 Å². The molecule has 0 radical (unpaired) electrons. The van der Waals surface area contributed by atoms with Crippen molar-refractivity contribution in [1.82, 2.24) is 9.78 Å². The van der Waals surface area contributed by atoms with Crippen LogP contribution < -0.4 is 5.32 Å². The molecular weight excluding hydrogens is 246 g/mol. The number of carboxylic acid groups (broad SMARTS) is 1. The van der Waals surface area contributed by atoms with E-state index in [1.54, 1.807) is 13.8 Å². The third-order valence-corrected chi connectivity index (χ3v) is 3.36. The third kappa shape index (κ3) is 3.33. The van der Waals surface area contributed by atoms with E-state index in [4.69, 9.17) is 5.11 Å². The molecule has 1 amide bonds. The first-order valence-electron chi connectivity index (χ1n) is 6.25. The van der Waals surface area contributed by atoms with Gasteiger partial charge >= 0.3 is 5.97 Å². The van der Waals surface area contributed by atoms with Crippen LogP contribution in [0.3, 0.4) is 0 Å². The minimum absolute atomic E-state index is 0.0947. The van der Waals surface area contributed by atoms with E-state index in [0.717, 1.165) is 0 Å². The summed E-state index contributed by atoms with van der Waals surface area (Å²) in [6.07, 6.45) is 2.98. The molecule has 0 fully saturated rings. The quantitative estimate of drug-likeness (QED) is 0.853. The van der Waals surface area contributed by atoms with Crippen LogP contribution in [0.2, 0.25) is 0 Å². The highest BCUT2D eigenvalue weighted by atomic mass is 16.4. The monoisotopic (exact) mass is 267 g/mol. The summed E-state index contributed by atoms with van der Waals surface area (Å²) in [5, 5.41) is 15.8. The molecule has 6 heteroatoms. The number of nitrogens with zero attached hydrogens (tertiary/aromatic N) is 2. The molecular formula is C13H21N3O3. The number of anilines is 1. The highest BCUT2D eigenvalue weighted by Gasteiger charge is 2.30. The first kappa shape index (κ1) is 15.2. The van der Waals surface area contributed by atoms with Crippen LogP contribution in [-0.2, 0) is 15.1 Å². The maximum Gasteiger partial charge on any atom is 0.331 e. The van der Waals surface area contributed by atoms with E-state index < -0.39 is 11.5 Å². The smallest absolute Gasteiger partial charge is 0.331 e. The molecule has 106 valence electrons. The van der Waals surface area contributed by atoms with Crippen molar-refractivity contribution < 1.29 is 14.7 Å². The van der Waals surface area contributed by atoms with Gasteiger partial charge in [-0.3, -0.25) is 9.48 Å². The fraction of sp³-hybridized carbons (Fsp3) is 0.615. The summed E-state index contributed by atoms with van der Waals surface area (Å²) in [5.41, 5.74) is -0.640. The Bertz CT molecular complexity index is 477. The summed E-state index contributed by atoms with van der Waals surface area (Å²) >= 11 is 0. The van der Waals surface area contributed by atoms with Crippen LogP contribution in [0.15, 0.2) is 12.4 Å². The van der Waals surface area contributed by atoms with E-state index >= 15 is 0 Å². The lowest BCUT2D eigenvalue weighted by molar-refractivity contribution is -0.146. The molecule has 0 aliphatic carbocycles. The van der Waals surface area contributed by atoms with Gasteiger partial charge in [0.2, 0.25) is 5.91 Å². The summed E-state index contributed by atoms with van der Waals surface area (Å²) in [6, 6.07) is 0. The molecule has 1 aromatic heterocycles. The largest absolute Gasteiger partial charge is 0.479 e. The van der Waals surface area contributed by atoms with E-state index in [0.29, 0.717) is 5.69 Å². The molecule has 0 aromatic carbocycles. The zero-order valence-corrected chi connectivity index (χ0v) is 12.0. The topological polar surface area (TPSA) is 84.2 Å². The summed E-state index contributed by atoms with van der Waals surface area (Å²) in [4.78, 5) is 23.0. The number of aliphatic carboxylic acids is 1. The SMILES string of the molecule is CC(C)C(C)C(=O)Nc1cnn(C(C)(C)C(=O)O)c1. The number of nitrogens with one attached hydrogen (secondary N) is 1. The Morgan fingerprint density at radius 2 is 1.95 bits per heavy atom. The lowest BCUT2D eigenvalue weighted by Crippen LogP contribution is -2.36. The average molecular weight is 267 g/mol. The van der Waals surface area contributed by atoms with E-state index in [9.17, 15) is 9.59 Å². The third-order valence-electron chi connectivity index (χ3n) is 3.36. The number of carbonyl (C=O) groups excluding carboxylic acids is 1. The van der Waals surface area contributed by atoms with Gasteiger partial charge in [-0.25, -0.2) is 4.79 Å². The van der Waals surface area contributed by atoms with Crippen LogP contribution in [0.1, 0.15) is 34.6 Å². The zero-order valence-electron chi connectivity index (χ0n) is 12.0. The van der Waals surface area contributed by atoms with Crippen LogP contribution in [-0.4, -0.2) is 26.8 Å². The standard InChI is InChI=1S/C13H21N3O3/c1-8(2)9(3)11(17)15-10-6-14-16(7-10)13(4,5)12(18)19/h6-9H,1-5H3,(H,15,17)(H,18,19). The normalized spacial score (nSPS) is 13.4. The molecule has 0 saturated heterocycles. The van der Waals surface area contributed by atoms with Gasteiger partial charge in [-0.05, 0) is 19.8 Å². The van der Waals surface area contributed by atoms with Crippen molar-refractivity contribution in [2.45, 2.75) is 40.2 Å². The number of hydrogen-bond donors (Lipinski definition) is 2. The highest BCUT2D eigenvalue weighted by Crippen LogP contribution is 2.18. The molecule has 19 heavy (non-hydrogen) atoms. The molecule has 1 unspecified atom stereocenters. The second-order valence-corrected chi connectivity index (χ2v) is 5.56. The van der Waals surface area contributed by atoms with Gasteiger partial charge in [0, 0.05) is 12.1 Å². The van der Waals surface area contributed by atoms with Gasteiger partial charge in [0.25, 0.3) is 0 Å². The van der Waals surface area contributed by atoms with Crippen LogP contribution >= 0.6 is 0 Å². The summed E-state index contributed by atoms with van der Waals surface area (Å²) in [5.74, 6) is -0.951. The van der Waals surface area contributed by atoms with Crippen molar-refractivity contribution in [3.63, 3.8) is 0 Å². The number of carbonyl (C=O) groups is 2. The van der Waals surface area contributed by atoms with Crippen molar-refractivity contribution in [1.29, 1.82) is 0 Å². The Morgan fingerprint density at radius 3 is 2.42 bits per heavy atom. The first-order valence-corrected chi connectivity index (χ1v) is 6.25. The summed E-state index contributed by atoms with van der Waals surface area (Å²) in [6.45, 7) is 8.89. The van der Waals surface area contributed by atoms with Gasteiger partial charge in [0.05, 0.1) is 11.9 Å². The maximum atomic E-state index is 11.9. The fourth-order valence-corrected chi connectivity index (χ4v) is 1.35. The van der Waals surface area contributed by atoms with E-state index in [1.807, 2.05) is 20.8 Å². The molecule has 1 atom stereocenters. The average Bonchev–Trinajstić information content (AvgIpc) is 2.76. The predicted octanol–water partition coefficient (Wildman–Crippen LogP) is 1.93. The van der Waals surface area contributed by atoms with E-state index in [-0.39, 0.29) is 17.7 Å². The molecule has 0 spiro atoms. The molecule has 0 aliphatic rings. The first-order chi connectivity index (χ1) is 8.66. The summed E-state index contributed by atoms with van der Waals surface area (Å²) < 4.78 is 1.32. The Labute approximate surface area is 112 Å². The van der Waals surface area contributed by atoms with Gasteiger partial charge < -0.3 is 10.4 Å². The number of rotatable bonds is 5. The number of carboxylic acids is 1. The minimum atomic E-state index is -1.15. The second kappa shape index (κ2) is 5.42. The van der Waals surface area contributed by atoms with Crippen molar-refractivity contribution in [2.24, 2.45) is 11.8 Å². The van der Waals surface area contributed by atoms with E-state index in [2.05, 4.69) is 10.4 Å². The Hall–Kier alpha value is -1.85. The fourth-order valence-electron chi connectivity index (χ4n) is 1.35. The molecule has 1 heterocycles. The van der Waals surface area contributed by atoms with Gasteiger partial charge in [-0.1, -0.05) is 20.8 Å². The van der Waals surface area contributed by atoms with Gasteiger partial charge in [0.15, 0.2) is 5.54 Å². The van der Waals surface area contributed by atoms with E-state index in [1.165, 1.54) is 17.1 Å². The Morgan fingerprint density at radius 1 is 1.37 bits per heavy atom. The van der Waals surface area contributed by atoms with Crippen molar-refractivity contribution in [3.05, 3.63) is 12.4 Å². The maximum absolute atomic E-state index is 11.9. The Kier molecular flexibility index (Phi) is 4.34. The number of hydrogen-bond acceptors (Lipinski definition) is 3. The van der Waals surface area contributed by atoms with Crippen LogP contribution in [0.25, 0.3) is 0 Å². The van der Waals surface area contributed by atoms with Crippen molar-refractivity contribution >= 4 is 17.6 Å². The van der Waals surface area contributed by atoms with Gasteiger partial charge in [-0.2, -0.15) is 5.10 Å². The van der Waals surface area contributed by atoms with Crippen LogP contribution in [0.4, 0.5) is 5.69 Å². The summed E-state index contributed by atoms with van der Waals surface area (Å²) in [7, 11) is 0. The number of aromatic nitrogens is 2. The molecule has 2 N–H and O–H groups in total. The molecule has 6 nitrogen and oxygen atoms in total.